The molecule has 3 rings (SSSR count). The number of aromatic nitrogens is 2. The first-order chi connectivity index (χ1) is 12.3. The number of anilines is 2. The fourth-order valence-electron chi connectivity index (χ4n) is 3.76. The third-order valence-electron chi connectivity index (χ3n) is 5.55. The molecular weight excluding hydrogens is 340 g/mol. The summed E-state index contributed by atoms with van der Waals surface area (Å²) in [5, 5.41) is 20.5. The van der Waals surface area contributed by atoms with Gasteiger partial charge in [-0.2, -0.15) is 4.98 Å². The summed E-state index contributed by atoms with van der Waals surface area (Å²) in [7, 11) is 0. The van der Waals surface area contributed by atoms with Gasteiger partial charge in [-0.1, -0.05) is 0 Å². The van der Waals surface area contributed by atoms with Gasteiger partial charge in [-0.3, -0.25) is 0 Å². The average Bonchev–Trinajstić information content (AvgIpc) is 2.61. The van der Waals surface area contributed by atoms with Gasteiger partial charge in [-0.25, -0.2) is 13.8 Å². The minimum Gasteiger partial charge on any atom is -0.388 e. The van der Waals surface area contributed by atoms with Crippen LogP contribution in [0.1, 0.15) is 45.4 Å². The van der Waals surface area contributed by atoms with E-state index in [4.69, 9.17) is 0 Å². The van der Waals surface area contributed by atoms with Gasteiger partial charge in [0.05, 0.1) is 5.60 Å². The van der Waals surface area contributed by atoms with Crippen LogP contribution < -0.4 is 16.0 Å². The molecule has 4 N–H and O–H groups in total. The predicted molar refractivity (Wildman–Crippen MR) is 97.6 cm³/mol. The van der Waals surface area contributed by atoms with E-state index in [9.17, 15) is 13.9 Å². The number of aliphatic hydroxyl groups is 1. The van der Waals surface area contributed by atoms with Crippen LogP contribution in [0.5, 0.6) is 0 Å². The van der Waals surface area contributed by atoms with Gasteiger partial charge >= 0.3 is 0 Å². The molecule has 1 aliphatic heterocycles. The lowest BCUT2D eigenvalue weighted by Crippen LogP contribution is -2.44. The molecule has 6 nitrogen and oxygen atoms in total. The maximum absolute atomic E-state index is 13.3. The van der Waals surface area contributed by atoms with Gasteiger partial charge in [0.15, 0.2) is 0 Å². The fourth-order valence-corrected chi connectivity index (χ4v) is 3.76. The highest BCUT2D eigenvalue weighted by Gasteiger charge is 2.41. The van der Waals surface area contributed by atoms with Crippen molar-refractivity contribution in [1.82, 2.24) is 15.3 Å². The zero-order valence-electron chi connectivity index (χ0n) is 15.3. The highest BCUT2D eigenvalue weighted by Crippen LogP contribution is 2.40. The Hall–Kier alpha value is -1.54. The summed E-state index contributed by atoms with van der Waals surface area (Å²) in [5.41, 5.74) is -1.07. The second-order valence-electron chi connectivity index (χ2n) is 7.78. The molecule has 2 fully saturated rings. The smallest absolute Gasteiger partial charge is 0.248 e. The number of nitrogens with zero attached hydrogens (tertiary/aromatic N) is 2. The normalized spacial score (nSPS) is 24.0. The fraction of sp³-hybridized carbons (Fsp3) is 0.778. The Balaban J connectivity index is 1.52. The van der Waals surface area contributed by atoms with Crippen LogP contribution in [0, 0.1) is 5.92 Å². The molecule has 1 unspecified atom stereocenters. The molecule has 1 saturated heterocycles. The Morgan fingerprint density at radius 1 is 1.27 bits per heavy atom. The number of rotatable bonds is 6. The third kappa shape index (κ3) is 5.23. The molecule has 8 heteroatoms. The molecule has 1 atom stereocenters. The molecule has 26 heavy (non-hydrogen) atoms. The highest BCUT2D eigenvalue weighted by atomic mass is 19.3. The van der Waals surface area contributed by atoms with E-state index in [0.29, 0.717) is 24.8 Å². The van der Waals surface area contributed by atoms with Crippen molar-refractivity contribution in [1.29, 1.82) is 0 Å². The average molecular weight is 369 g/mol. The molecule has 146 valence electrons. The number of hydrogen-bond acceptors (Lipinski definition) is 6. The number of hydrogen-bond donors (Lipinski definition) is 4. The third-order valence-corrected chi connectivity index (χ3v) is 5.55. The van der Waals surface area contributed by atoms with Crippen molar-refractivity contribution in [3.8, 4) is 0 Å². The summed E-state index contributed by atoms with van der Waals surface area (Å²) in [6.07, 6.45) is 4.13. The summed E-state index contributed by atoms with van der Waals surface area (Å²) >= 11 is 0. The Morgan fingerprint density at radius 3 is 2.65 bits per heavy atom. The van der Waals surface area contributed by atoms with E-state index in [-0.39, 0.29) is 25.3 Å². The molecule has 0 radical (unpaired) electrons. The van der Waals surface area contributed by atoms with Gasteiger partial charge in [-0.15, -0.1) is 0 Å². The van der Waals surface area contributed by atoms with Crippen molar-refractivity contribution < 1.29 is 13.9 Å². The Morgan fingerprint density at radius 2 is 1.96 bits per heavy atom. The Kier molecular flexibility index (Phi) is 5.92. The van der Waals surface area contributed by atoms with Crippen molar-refractivity contribution in [3.05, 3.63) is 12.3 Å². The van der Waals surface area contributed by atoms with Gasteiger partial charge in [0.2, 0.25) is 11.9 Å². The SMILES string of the molecule is CC(O)(CNc1nccc(NC2CCNCC2)n1)C1CCC(F)(F)CC1. The monoisotopic (exact) mass is 369 g/mol. The van der Waals surface area contributed by atoms with E-state index in [0.717, 1.165) is 31.7 Å². The van der Waals surface area contributed by atoms with Crippen LogP contribution in [0.25, 0.3) is 0 Å². The first-order valence-electron chi connectivity index (χ1n) is 9.48. The number of alkyl halides is 2. The van der Waals surface area contributed by atoms with Gasteiger partial charge in [0.1, 0.15) is 5.82 Å². The van der Waals surface area contributed by atoms with Gasteiger partial charge < -0.3 is 21.1 Å². The second-order valence-corrected chi connectivity index (χ2v) is 7.78. The van der Waals surface area contributed by atoms with Crippen LogP contribution in [0.2, 0.25) is 0 Å². The molecule has 2 aliphatic rings. The quantitative estimate of drug-likeness (QED) is 0.617. The molecule has 1 aromatic heterocycles. The van der Waals surface area contributed by atoms with Crippen LogP contribution in [0.4, 0.5) is 20.5 Å². The maximum atomic E-state index is 13.3. The molecule has 0 spiro atoms. The first kappa shape index (κ1) is 19.2. The van der Waals surface area contributed by atoms with E-state index < -0.39 is 11.5 Å². The van der Waals surface area contributed by atoms with Gasteiger partial charge in [0, 0.05) is 31.6 Å². The van der Waals surface area contributed by atoms with E-state index in [1.807, 2.05) is 6.07 Å². The van der Waals surface area contributed by atoms with Crippen LogP contribution in [0.15, 0.2) is 12.3 Å². The minimum atomic E-state index is -2.59. The molecule has 0 bridgehead atoms. The molecule has 1 aliphatic carbocycles. The lowest BCUT2D eigenvalue weighted by atomic mass is 9.76. The number of piperidine rings is 1. The van der Waals surface area contributed by atoms with Gasteiger partial charge in [0.25, 0.3) is 0 Å². The van der Waals surface area contributed by atoms with E-state index >= 15 is 0 Å². The molecule has 0 aromatic carbocycles. The maximum Gasteiger partial charge on any atom is 0.248 e. The zero-order valence-corrected chi connectivity index (χ0v) is 15.3. The molecule has 2 heterocycles. The Labute approximate surface area is 153 Å². The first-order valence-corrected chi connectivity index (χ1v) is 9.48. The van der Waals surface area contributed by atoms with Gasteiger partial charge in [-0.05, 0) is 57.7 Å². The number of nitrogens with one attached hydrogen (secondary N) is 3. The predicted octanol–water partition coefficient (Wildman–Crippen LogP) is 2.63. The van der Waals surface area contributed by atoms with Crippen molar-refractivity contribution in [3.63, 3.8) is 0 Å². The Bertz CT molecular complexity index is 583. The van der Waals surface area contributed by atoms with Crippen LogP contribution in [-0.4, -0.2) is 52.3 Å². The summed E-state index contributed by atoms with van der Waals surface area (Å²) in [5.74, 6) is -1.54. The molecule has 0 amide bonds. The van der Waals surface area contributed by atoms with Crippen LogP contribution in [-0.2, 0) is 0 Å². The summed E-state index contributed by atoms with van der Waals surface area (Å²) in [4.78, 5) is 8.65. The highest BCUT2D eigenvalue weighted by molar-refractivity contribution is 5.40. The van der Waals surface area contributed by atoms with Crippen LogP contribution >= 0.6 is 0 Å². The van der Waals surface area contributed by atoms with Crippen molar-refractivity contribution in [2.45, 2.75) is 63.0 Å². The molecule has 1 saturated carbocycles. The lowest BCUT2D eigenvalue weighted by Gasteiger charge is -2.38. The largest absolute Gasteiger partial charge is 0.388 e. The second kappa shape index (κ2) is 8.00. The molecular formula is C18H29F2N5O. The zero-order chi connectivity index (χ0) is 18.6. The van der Waals surface area contributed by atoms with Crippen LogP contribution in [0.3, 0.4) is 0 Å². The standard InChI is InChI=1S/C18H29F2N5O/c1-17(26,13-2-7-18(19,20)8-3-13)12-23-16-22-11-6-15(25-16)24-14-4-9-21-10-5-14/h6,11,13-14,21,26H,2-5,7-10,12H2,1H3,(H2,22,23,24,25). The number of halogens is 2. The van der Waals surface area contributed by atoms with Crippen molar-refractivity contribution >= 4 is 11.8 Å². The van der Waals surface area contributed by atoms with E-state index in [1.54, 1.807) is 13.1 Å². The lowest BCUT2D eigenvalue weighted by molar-refractivity contribution is -0.0834. The van der Waals surface area contributed by atoms with Crippen molar-refractivity contribution in [2.24, 2.45) is 5.92 Å². The van der Waals surface area contributed by atoms with E-state index in [2.05, 4.69) is 25.9 Å². The van der Waals surface area contributed by atoms with E-state index in [1.165, 1.54) is 0 Å². The minimum absolute atomic E-state index is 0.148. The van der Waals surface area contributed by atoms with Crippen molar-refractivity contribution in [2.75, 3.05) is 30.3 Å². The summed E-state index contributed by atoms with van der Waals surface area (Å²) < 4.78 is 26.7. The summed E-state index contributed by atoms with van der Waals surface area (Å²) in [6, 6.07) is 2.22. The molecule has 1 aromatic rings. The summed E-state index contributed by atoms with van der Waals surface area (Å²) in [6.45, 7) is 3.93. The topological polar surface area (TPSA) is 82.1 Å².